The van der Waals surface area contributed by atoms with Crippen LogP contribution in [0.25, 0.3) is 0 Å². The standard InChI is InChI=1S/C38H74O4S2/c1-5-7-9-11-13-15-17-19-21-23-25-27-29-31-33-37(3,35(39)40)43-44-38(4,36(41)42)34-32-30-28-26-24-22-20-18-16-14-12-10-8-6-2/h5-34H2,1-4H3,(H,39,40)(H,41,42)/p-2. The Morgan fingerprint density at radius 2 is 0.568 bits per heavy atom. The van der Waals surface area contributed by atoms with Crippen molar-refractivity contribution in [3.05, 3.63) is 0 Å². The lowest BCUT2D eigenvalue weighted by molar-refractivity contribution is -0.310. The zero-order valence-electron chi connectivity index (χ0n) is 29.7. The van der Waals surface area contributed by atoms with E-state index in [1.165, 1.54) is 163 Å². The molecule has 44 heavy (non-hydrogen) atoms. The van der Waals surface area contributed by atoms with Crippen LogP contribution in [0.4, 0.5) is 0 Å². The highest BCUT2D eigenvalue weighted by Crippen LogP contribution is 2.47. The first-order chi connectivity index (χ1) is 21.2. The molecule has 0 aromatic heterocycles. The lowest BCUT2D eigenvalue weighted by Crippen LogP contribution is -2.46. The lowest BCUT2D eigenvalue weighted by atomic mass is 10.0. The van der Waals surface area contributed by atoms with Gasteiger partial charge in [0.1, 0.15) is 0 Å². The fraction of sp³-hybridized carbons (Fsp3) is 0.947. The Morgan fingerprint density at radius 3 is 0.750 bits per heavy atom. The number of hydrogen-bond acceptors (Lipinski definition) is 6. The van der Waals surface area contributed by atoms with Crippen molar-refractivity contribution >= 4 is 33.5 Å². The van der Waals surface area contributed by atoms with Gasteiger partial charge in [0.2, 0.25) is 0 Å². The third kappa shape index (κ3) is 24.8. The minimum atomic E-state index is -1.10. The average Bonchev–Trinajstić information content (AvgIpc) is 3.00. The Hall–Kier alpha value is -0.360. The summed E-state index contributed by atoms with van der Waals surface area (Å²) in [5, 5.41) is 24.1. The molecule has 0 aliphatic carbocycles. The van der Waals surface area contributed by atoms with Crippen LogP contribution < -0.4 is 10.2 Å². The lowest BCUT2D eigenvalue weighted by Gasteiger charge is -2.36. The molecule has 0 radical (unpaired) electrons. The van der Waals surface area contributed by atoms with Crippen molar-refractivity contribution in [2.45, 2.75) is 230 Å². The smallest absolute Gasteiger partial charge is 0.0629 e. The fourth-order valence-electron chi connectivity index (χ4n) is 5.85. The summed E-state index contributed by atoms with van der Waals surface area (Å²) < 4.78 is -2.18. The molecule has 0 aromatic carbocycles. The molecule has 0 N–H and O–H groups in total. The quantitative estimate of drug-likeness (QED) is 0.0499. The van der Waals surface area contributed by atoms with Gasteiger partial charge in [-0.2, -0.15) is 0 Å². The second kappa shape index (κ2) is 30.0. The van der Waals surface area contributed by atoms with Crippen LogP contribution in [0, 0.1) is 0 Å². The number of aliphatic carboxylic acids is 2. The zero-order chi connectivity index (χ0) is 32.8. The number of hydrogen-bond donors (Lipinski definition) is 0. The van der Waals surface area contributed by atoms with Crippen LogP contribution >= 0.6 is 21.6 Å². The van der Waals surface area contributed by atoms with E-state index in [2.05, 4.69) is 13.8 Å². The highest BCUT2D eigenvalue weighted by Gasteiger charge is 2.34. The average molecular weight is 657 g/mol. The summed E-state index contributed by atoms with van der Waals surface area (Å²) >= 11 is 0. The predicted octanol–water partition coefficient (Wildman–Crippen LogP) is 11.1. The van der Waals surface area contributed by atoms with Gasteiger partial charge in [-0.3, -0.25) is 0 Å². The summed E-state index contributed by atoms with van der Waals surface area (Å²) in [7, 11) is 2.35. The van der Waals surface area contributed by atoms with E-state index in [9.17, 15) is 19.8 Å². The van der Waals surface area contributed by atoms with Gasteiger partial charge in [-0.05, 0) is 26.7 Å². The maximum absolute atomic E-state index is 12.1. The molecule has 2 unspecified atom stereocenters. The molecule has 0 saturated heterocycles. The van der Waals surface area contributed by atoms with E-state index in [4.69, 9.17) is 0 Å². The molecule has 0 amide bonds. The van der Waals surface area contributed by atoms with E-state index >= 15 is 0 Å². The second-order valence-electron chi connectivity index (χ2n) is 13.9. The molecule has 0 aromatic rings. The molecule has 4 nitrogen and oxygen atoms in total. The molecule has 0 bridgehead atoms. The Bertz CT molecular complexity index is 617. The molecular formula is C38H72O4S2-2. The Morgan fingerprint density at radius 1 is 0.386 bits per heavy atom. The third-order valence-electron chi connectivity index (χ3n) is 9.29. The van der Waals surface area contributed by atoms with Crippen LogP contribution in [0.5, 0.6) is 0 Å². The van der Waals surface area contributed by atoms with Crippen molar-refractivity contribution in [1.29, 1.82) is 0 Å². The van der Waals surface area contributed by atoms with Gasteiger partial charge in [0.05, 0.1) is 21.4 Å². The van der Waals surface area contributed by atoms with Gasteiger partial charge in [0, 0.05) is 0 Å². The maximum atomic E-state index is 12.1. The third-order valence-corrected chi connectivity index (χ3v) is 13.3. The largest absolute Gasteiger partial charge is 0.549 e. The van der Waals surface area contributed by atoms with Crippen LogP contribution in [-0.2, 0) is 9.59 Å². The van der Waals surface area contributed by atoms with Crippen molar-refractivity contribution in [2.24, 2.45) is 0 Å². The van der Waals surface area contributed by atoms with E-state index in [1.807, 2.05) is 0 Å². The van der Waals surface area contributed by atoms with Gasteiger partial charge in [-0.1, -0.05) is 215 Å². The van der Waals surface area contributed by atoms with Crippen molar-refractivity contribution in [3.8, 4) is 0 Å². The van der Waals surface area contributed by atoms with E-state index in [-0.39, 0.29) is 0 Å². The molecule has 0 fully saturated rings. The summed E-state index contributed by atoms with van der Waals surface area (Å²) in [6.07, 6.45) is 36.4. The summed E-state index contributed by atoms with van der Waals surface area (Å²) in [5.41, 5.74) is 0. The van der Waals surface area contributed by atoms with Gasteiger partial charge < -0.3 is 19.8 Å². The van der Waals surface area contributed by atoms with Crippen LogP contribution in [0.3, 0.4) is 0 Å². The maximum Gasteiger partial charge on any atom is 0.0629 e. The summed E-state index contributed by atoms with van der Waals surface area (Å²) in [4.78, 5) is 24.1. The van der Waals surface area contributed by atoms with Crippen LogP contribution in [0.2, 0.25) is 0 Å². The van der Waals surface area contributed by atoms with E-state index in [1.54, 1.807) is 13.8 Å². The molecule has 0 rings (SSSR count). The molecule has 0 heterocycles. The number of carboxylic acid groups (broad SMARTS) is 2. The number of unbranched alkanes of at least 4 members (excludes halogenated alkanes) is 26. The van der Waals surface area contributed by atoms with Gasteiger partial charge in [-0.25, -0.2) is 0 Å². The van der Waals surface area contributed by atoms with Crippen LogP contribution in [0.1, 0.15) is 220 Å². The van der Waals surface area contributed by atoms with Crippen molar-refractivity contribution in [3.63, 3.8) is 0 Å². The molecule has 262 valence electrons. The van der Waals surface area contributed by atoms with E-state index in [0.29, 0.717) is 12.8 Å². The highest BCUT2D eigenvalue weighted by molar-refractivity contribution is 8.78. The topological polar surface area (TPSA) is 80.3 Å². The summed E-state index contributed by atoms with van der Waals surface area (Å²) in [5.74, 6) is -2.19. The first kappa shape index (κ1) is 43.6. The number of carbonyl (C=O) groups is 2. The van der Waals surface area contributed by atoms with E-state index < -0.39 is 21.4 Å². The minimum absolute atomic E-state index is 0.507. The molecular weight excluding hydrogens is 585 g/mol. The molecule has 0 aliphatic rings. The first-order valence-corrected chi connectivity index (χ1v) is 21.2. The Balaban J connectivity index is 4.05. The van der Waals surface area contributed by atoms with Crippen molar-refractivity contribution < 1.29 is 19.8 Å². The normalized spacial score (nSPS) is 14.4. The van der Waals surface area contributed by atoms with Gasteiger partial charge in [-0.15, -0.1) is 0 Å². The van der Waals surface area contributed by atoms with Crippen molar-refractivity contribution in [1.82, 2.24) is 0 Å². The highest BCUT2D eigenvalue weighted by atomic mass is 33.1. The molecule has 6 heteroatoms. The number of rotatable bonds is 35. The van der Waals surface area contributed by atoms with Gasteiger partial charge in [0.25, 0.3) is 0 Å². The van der Waals surface area contributed by atoms with Crippen molar-refractivity contribution in [2.75, 3.05) is 0 Å². The summed E-state index contributed by atoms with van der Waals surface area (Å²) in [6, 6.07) is 0. The fourth-order valence-corrected chi connectivity index (χ4v) is 8.82. The second-order valence-corrected chi connectivity index (χ2v) is 17.0. The van der Waals surface area contributed by atoms with Gasteiger partial charge in [0.15, 0.2) is 0 Å². The summed E-state index contributed by atoms with van der Waals surface area (Å²) in [6.45, 7) is 7.92. The van der Waals surface area contributed by atoms with Crippen LogP contribution in [0.15, 0.2) is 0 Å². The predicted molar refractivity (Wildman–Crippen MR) is 192 cm³/mol. The van der Waals surface area contributed by atoms with Gasteiger partial charge >= 0.3 is 0 Å². The molecule has 2 atom stereocenters. The SMILES string of the molecule is CCCCCCCCCCCCCCCCC(C)(SSC(C)(CCCCCCCCCCCCCCCC)C(=O)[O-])C(=O)[O-]. The minimum Gasteiger partial charge on any atom is -0.549 e. The first-order valence-electron chi connectivity index (χ1n) is 19.0. The Labute approximate surface area is 282 Å². The Kier molecular flexibility index (Phi) is 29.8. The molecule has 0 saturated carbocycles. The number of carbonyl (C=O) groups excluding carboxylic acids is 2. The molecule has 0 aliphatic heterocycles. The monoisotopic (exact) mass is 656 g/mol. The zero-order valence-corrected chi connectivity index (χ0v) is 31.3. The van der Waals surface area contributed by atoms with Crippen LogP contribution in [-0.4, -0.2) is 21.4 Å². The molecule has 0 spiro atoms. The van der Waals surface area contributed by atoms with E-state index in [0.717, 1.165) is 38.5 Å². The number of carboxylic acids is 2.